The lowest BCUT2D eigenvalue weighted by Crippen LogP contribution is -2.10. The fourth-order valence-electron chi connectivity index (χ4n) is 2.65. The number of carbonyl (C=O) groups is 1. The monoisotopic (exact) mass is 312 g/mol. The Morgan fingerprint density at radius 3 is 3.18 bits per heavy atom. The molecule has 0 fully saturated rings. The maximum atomic E-state index is 12.0. The summed E-state index contributed by atoms with van der Waals surface area (Å²) >= 11 is 1.53. The number of hydrogen-bond donors (Lipinski definition) is 1. The number of carbonyl (C=O) groups excluding carboxylic acids is 1. The number of amides is 1. The third-order valence-corrected chi connectivity index (χ3v) is 4.97. The predicted molar refractivity (Wildman–Crippen MR) is 86.6 cm³/mol. The van der Waals surface area contributed by atoms with E-state index in [-0.39, 0.29) is 5.91 Å². The minimum atomic E-state index is -0.250. The van der Waals surface area contributed by atoms with Crippen molar-refractivity contribution in [1.82, 2.24) is 0 Å². The Morgan fingerprint density at radius 1 is 1.59 bits per heavy atom. The quantitative estimate of drug-likeness (QED) is 0.871. The van der Waals surface area contributed by atoms with E-state index in [1.165, 1.54) is 22.3 Å². The zero-order chi connectivity index (χ0) is 15.5. The Balaban J connectivity index is 1.78. The van der Waals surface area contributed by atoms with Crippen molar-refractivity contribution in [3.8, 4) is 6.07 Å². The molecular weight excluding hydrogens is 296 g/mol. The molecule has 1 aliphatic carbocycles. The molecule has 1 amide bonds. The second-order valence-corrected chi connectivity index (χ2v) is 6.61. The average molecular weight is 312 g/mol. The third kappa shape index (κ3) is 2.97. The number of thiophene rings is 1. The number of furan rings is 1. The largest absolute Gasteiger partial charge is 0.465 e. The molecule has 0 aliphatic heterocycles. The van der Waals surface area contributed by atoms with Gasteiger partial charge in [-0.1, -0.05) is 6.92 Å². The molecule has 112 valence electrons. The summed E-state index contributed by atoms with van der Waals surface area (Å²) < 4.78 is 5.14. The van der Waals surface area contributed by atoms with Crippen molar-refractivity contribution < 1.29 is 9.21 Å². The number of nitriles is 1. The van der Waals surface area contributed by atoms with Crippen molar-refractivity contribution in [2.75, 3.05) is 5.32 Å². The van der Waals surface area contributed by atoms with Crippen molar-refractivity contribution in [1.29, 1.82) is 5.26 Å². The van der Waals surface area contributed by atoms with Crippen LogP contribution in [0.25, 0.3) is 6.08 Å². The number of hydrogen-bond acceptors (Lipinski definition) is 4. The molecule has 0 bridgehead atoms. The highest BCUT2D eigenvalue weighted by molar-refractivity contribution is 7.16. The SMILES string of the molecule is CC1CCc2c(sc(NC(=O)C=Cc3ccco3)c2C#N)C1. The molecule has 1 atom stereocenters. The van der Waals surface area contributed by atoms with Gasteiger partial charge in [0, 0.05) is 11.0 Å². The Hall–Kier alpha value is -2.32. The van der Waals surface area contributed by atoms with Crippen molar-refractivity contribution in [3.63, 3.8) is 0 Å². The highest BCUT2D eigenvalue weighted by Crippen LogP contribution is 2.39. The molecule has 0 saturated heterocycles. The Bertz CT molecular complexity index is 750. The minimum Gasteiger partial charge on any atom is -0.465 e. The van der Waals surface area contributed by atoms with Crippen LogP contribution >= 0.6 is 11.3 Å². The van der Waals surface area contributed by atoms with Gasteiger partial charge in [0.25, 0.3) is 0 Å². The molecule has 4 nitrogen and oxygen atoms in total. The molecule has 0 saturated carbocycles. The molecule has 22 heavy (non-hydrogen) atoms. The highest BCUT2D eigenvalue weighted by atomic mass is 32.1. The van der Waals surface area contributed by atoms with Gasteiger partial charge in [-0.3, -0.25) is 4.79 Å². The first-order chi connectivity index (χ1) is 10.7. The number of nitrogens with one attached hydrogen (secondary N) is 1. The standard InChI is InChI=1S/C17H16N2O2S/c1-11-4-6-13-14(10-18)17(22-15(13)9-11)19-16(20)7-5-12-3-2-8-21-12/h2-3,5,7-8,11H,4,6,9H2,1H3,(H,19,20). The molecule has 1 N–H and O–H groups in total. The highest BCUT2D eigenvalue weighted by Gasteiger charge is 2.24. The van der Waals surface area contributed by atoms with Gasteiger partial charge in [0.05, 0.1) is 11.8 Å². The summed E-state index contributed by atoms with van der Waals surface area (Å²) in [6, 6.07) is 5.78. The summed E-state index contributed by atoms with van der Waals surface area (Å²) in [4.78, 5) is 13.2. The van der Waals surface area contributed by atoms with Crippen LogP contribution in [0.15, 0.2) is 28.9 Å². The van der Waals surface area contributed by atoms with Gasteiger partial charge in [-0.05, 0) is 49.0 Å². The molecule has 2 heterocycles. The molecule has 2 aromatic rings. The van der Waals surface area contributed by atoms with Crippen LogP contribution < -0.4 is 5.32 Å². The number of anilines is 1. The van der Waals surface area contributed by atoms with E-state index in [9.17, 15) is 10.1 Å². The molecule has 1 unspecified atom stereocenters. The van der Waals surface area contributed by atoms with Gasteiger partial charge >= 0.3 is 0 Å². The predicted octanol–water partition coefficient (Wildman–Crippen LogP) is 3.99. The normalized spacial score (nSPS) is 17.2. The first-order valence-electron chi connectivity index (χ1n) is 7.24. The zero-order valence-corrected chi connectivity index (χ0v) is 13.1. The smallest absolute Gasteiger partial charge is 0.249 e. The molecule has 0 spiro atoms. The van der Waals surface area contributed by atoms with Crippen LogP contribution in [0.1, 0.15) is 35.1 Å². The van der Waals surface area contributed by atoms with Crippen molar-refractivity contribution in [2.24, 2.45) is 5.92 Å². The van der Waals surface area contributed by atoms with E-state index in [0.717, 1.165) is 24.8 Å². The van der Waals surface area contributed by atoms with Crippen LogP contribution in [-0.2, 0) is 17.6 Å². The van der Waals surface area contributed by atoms with Crippen molar-refractivity contribution >= 4 is 28.3 Å². The molecular formula is C17H16N2O2S. The lowest BCUT2D eigenvalue weighted by Gasteiger charge is -2.17. The van der Waals surface area contributed by atoms with E-state index in [1.807, 2.05) is 0 Å². The lowest BCUT2D eigenvalue weighted by molar-refractivity contribution is -0.111. The lowest BCUT2D eigenvalue weighted by atomic mass is 9.89. The molecule has 5 heteroatoms. The summed E-state index contributed by atoms with van der Waals surface area (Å²) in [5.74, 6) is 1.01. The maximum absolute atomic E-state index is 12.0. The fourth-order valence-corrected chi connectivity index (χ4v) is 4.02. The van der Waals surface area contributed by atoms with Crippen LogP contribution in [0.5, 0.6) is 0 Å². The fraction of sp³-hybridized carbons (Fsp3) is 0.294. The van der Waals surface area contributed by atoms with E-state index < -0.39 is 0 Å². The Morgan fingerprint density at radius 2 is 2.45 bits per heavy atom. The molecule has 1 aliphatic rings. The van der Waals surface area contributed by atoms with Gasteiger partial charge in [-0.25, -0.2) is 0 Å². The topological polar surface area (TPSA) is 66.0 Å². The van der Waals surface area contributed by atoms with Crippen LogP contribution in [0.4, 0.5) is 5.00 Å². The van der Waals surface area contributed by atoms with E-state index in [1.54, 1.807) is 24.5 Å². The van der Waals surface area contributed by atoms with Gasteiger partial charge in [0.15, 0.2) is 0 Å². The zero-order valence-electron chi connectivity index (χ0n) is 12.3. The Labute approximate surface area is 133 Å². The van der Waals surface area contributed by atoms with Crippen LogP contribution in [0.3, 0.4) is 0 Å². The summed E-state index contributed by atoms with van der Waals surface area (Å²) in [6.45, 7) is 2.22. The summed E-state index contributed by atoms with van der Waals surface area (Å²) in [5.41, 5.74) is 1.75. The van der Waals surface area contributed by atoms with E-state index in [4.69, 9.17) is 4.42 Å². The average Bonchev–Trinajstić information content (AvgIpc) is 3.11. The van der Waals surface area contributed by atoms with Crippen LogP contribution in [0.2, 0.25) is 0 Å². The maximum Gasteiger partial charge on any atom is 0.249 e. The Kier molecular flexibility index (Phi) is 4.12. The first kappa shape index (κ1) is 14.6. The van der Waals surface area contributed by atoms with Crippen LogP contribution in [0, 0.1) is 17.2 Å². The van der Waals surface area contributed by atoms with Gasteiger partial charge < -0.3 is 9.73 Å². The van der Waals surface area contributed by atoms with Gasteiger partial charge in [-0.2, -0.15) is 5.26 Å². The summed E-state index contributed by atoms with van der Waals surface area (Å²) in [6.07, 6.45) is 7.60. The van der Waals surface area contributed by atoms with E-state index >= 15 is 0 Å². The van der Waals surface area contributed by atoms with E-state index in [0.29, 0.717) is 22.2 Å². The molecule has 2 aromatic heterocycles. The summed E-state index contributed by atoms with van der Waals surface area (Å²) in [7, 11) is 0. The molecule has 3 rings (SSSR count). The van der Waals surface area contributed by atoms with Gasteiger partial charge in [0.2, 0.25) is 5.91 Å². The van der Waals surface area contributed by atoms with Gasteiger partial charge in [-0.15, -0.1) is 11.3 Å². The first-order valence-corrected chi connectivity index (χ1v) is 8.06. The van der Waals surface area contributed by atoms with Gasteiger partial charge in [0.1, 0.15) is 16.8 Å². The minimum absolute atomic E-state index is 0.250. The van der Waals surface area contributed by atoms with Crippen molar-refractivity contribution in [2.45, 2.75) is 26.2 Å². The molecule has 0 aromatic carbocycles. The van der Waals surface area contributed by atoms with E-state index in [2.05, 4.69) is 18.3 Å². The number of rotatable bonds is 3. The number of fused-ring (bicyclic) bond motifs is 1. The van der Waals surface area contributed by atoms with Crippen LogP contribution in [-0.4, -0.2) is 5.91 Å². The number of nitrogens with zero attached hydrogens (tertiary/aromatic N) is 1. The third-order valence-electron chi connectivity index (χ3n) is 3.80. The summed E-state index contributed by atoms with van der Waals surface area (Å²) in [5, 5.41) is 12.9. The second kappa shape index (κ2) is 6.20. The van der Waals surface area contributed by atoms with Crippen molar-refractivity contribution in [3.05, 3.63) is 46.2 Å². The second-order valence-electron chi connectivity index (χ2n) is 5.51. The molecule has 0 radical (unpaired) electrons.